The second kappa shape index (κ2) is 8.03. The normalized spacial score (nSPS) is 12.1. The highest BCUT2D eigenvalue weighted by atomic mass is 35.5. The topological polar surface area (TPSA) is 44.5 Å². The zero-order chi connectivity index (χ0) is 15.1. The first-order valence-electron chi connectivity index (χ1n) is 6.91. The number of hydrogen-bond acceptors (Lipinski definition) is 3. The lowest BCUT2D eigenvalue weighted by Crippen LogP contribution is -2.15. The third-order valence-electron chi connectivity index (χ3n) is 3.21. The minimum Gasteiger partial charge on any atom is -0.491 e. The van der Waals surface area contributed by atoms with E-state index in [2.05, 4.69) is 0 Å². The summed E-state index contributed by atoms with van der Waals surface area (Å²) in [6.45, 7) is 1.06. The van der Waals surface area contributed by atoms with Gasteiger partial charge in [0.15, 0.2) is 0 Å². The number of methoxy groups -OCH3 is 1. The first-order valence-corrected chi connectivity index (χ1v) is 7.29. The Labute approximate surface area is 130 Å². The molecule has 0 aromatic heterocycles. The van der Waals surface area contributed by atoms with E-state index in [4.69, 9.17) is 26.8 Å². The maximum absolute atomic E-state index is 6.33. The molecule has 0 spiro atoms. The zero-order valence-electron chi connectivity index (χ0n) is 12.1. The van der Waals surface area contributed by atoms with Gasteiger partial charge in [0.05, 0.1) is 6.61 Å². The van der Waals surface area contributed by atoms with Crippen LogP contribution in [0.2, 0.25) is 5.02 Å². The molecule has 0 amide bonds. The highest BCUT2D eigenvalue weighted by Crippen LogP contribution is 2.26. The summed E-state index contributed by atoms with van der Waals surface area (Å²) in [5, 5.41) is 0.726. The molecule has 2 rings (SSSR count). The van der Waals surface area contributed by atoms with E-state index in [1.807, 2.05) is 48.5 Å². The third-order valence-corrected chi connectivity index (χ3v) is 3.44. The zero-order valence-corrected chi connectivity index (χ0v) is 12.8. The van der Waals surface area contributed by atoms with Crippen LogP contribution in [0.25, 0.3) is 0 Å². The summed E-state index contributed by atoms with van der Waals surface area (Å²) in [4.78, 5) is 0. The van der Waals surface area contributed by atoms with Gasteiger partial charge in [-0.05, 0) is 30.2 Å². The van der Waals surface area contributed by atoms with E-state index >= 15 is 0 Å². The average Bonchev–Trinajstić information content (AvgIpc) is 2.48. The average molecular weight is 306 g/mol. The molecule has 2 aromatic rings. The van der Waals surface area contributed by atoms with Crippen molar-refractivity contribution in [2.45, 2.75) is 12.5 Å². The van der Waals surface area contributed by atoms with Gasteiger partial charge in [-0.25, -0.2) is 0 Å². The molecule has 112 valence electrons. The summed E-state index contributed by atoms with van der Waals surface area (Å²) in [5.41, 5.74) is 8.43. The quantitative estimate of drug-likeness (QED) is 0.795. The fourth-order valence-corrected chi connectivity index (χ4v) is 2.39. The molecule has 2 aromatic carbocycles. The third kappa shape index (κ3) is 4.74. The minimum absolute atomic E-state index is 0.137. The van der Waals surface area contributed by atoms with Crippen LogP contribution in [-0.4, -0.2) is 20.3 Å². The Kier molecular flexibility index (Phi) is 6.05. The predicted octanol–water partition coefficient (Wildman–Crippen LogP) is 3.61. The van der Waals surface area contributed by atoms with Crippen LogP contribution in [0.4, 0.5) is 0 Å². The van der Waals surface area contributed by atoms with Crippen LogP contribution in [0.15, 0.2) is 48.5 Å². The van der Waals surface area contributed by atoms with E-state index in [9.17, 15) is 0 Å². The van der Waals surface area contributed by atoms with Crippen molar-refractivity contribution < 1.29 is 9.47 Å². The number of ether oxygens (including phenoxy) is 2. The Morgan fingerprint density at radius 1 is 1.10 bits per heavy atom. The van der Waals surface area contributed by atoms with Crippen LogP contribution >= 0.6 is 11.6 Å². The van der Waals surface area contributed by atoms with E-state index < -0.39 is 0 Å². The van der Waals surface area contributed by atoms with Crippen LogP contribution in [-0.2, 0) is 11.2 Å². The lowest BCUT2D eigenvalue weighted by Gasteiger charge is -2.17. The standard InChI is InChI=1S/C17H20ClNO2/c1-20-9-10-21-17-8-3-2-7-15(17)16(19)12-13-5-4-6-14(18)11-13/h2-8,11,16H,9-10,12,19H2,1H3. The lowest BCUT2D eigenvalue weighted by atomic mass is 9.99. The first-order chi connectivity index (χ1) is 10.2. The Bertz CT molecular complexity index is 574. The Balaban J connectivity index is 2.09. The van der Waals surface area contributed by atoms with Crippen molar-refractivity contribution in [3.8, 4) is 5.75 Å². The second-order valence-electron chi connectivity index (χ2n) is 4.82. The van der Waals surface area contributed by atoms with E-state index in [1.54, 1.807) is 7.11 Å². The molecule has 2 N–H and O–H groups in total. The van der Waals surface area contributed by atoms with Gasteiger partial charge in [0.1, 0.15) is 12.4 Å². The van der Waals surface area contributed by atoms with Gasteiger partial charge in [0.2, 0.25) is 0 Å². The van der Waals surface area contributed by atoms with Crippen LogP contribution in [0, 0.1) is 0 Å². The molecule has 0 aliphatic carbocycles. The number of hydrogen-bond donors (Lipinski definition) is 1. The smallest absolute Gasteiger partial charge is 0.124 e. The van der Waals surface area contributed by atoms with Gasteiger partial charge in [-0.1, -0.05) is 41.9 Å². The second-order valence-corrected chi connectivity index (χ2v) is 5.26. The molecule has 1 atom stereocenters. The van der Waals surface area contributed by atoms with Crippen LogP contribution in [0.5, 0.6) is 5.75 Å². The summed E-state index contributed by atoms with van der Waals surface area (Å²) in [5.74, 6) is 0.809. The Morgan fingerprint density at radius 3 is 2.67 bits per heavy atom. The van der Waals surface area contributed by atoms with Crippen molar-refractivity contribution in [2.24, 2.45) is 5.73 Å². The van der Waals surface area contributed by atoms with Crippen molar-refractivity contribution in [3.63, 3.8) is 0 Å². The number of benzene rings is 2. The van der Waals surface area contributed by atoms with Crippen LogP contribution < -0.4 is 10.5 Å². The largest absolute Gasteiger partial charge is 0.491 e. The summed E-state index contributed by atoms with van der Waals surface area (Å²) < 4.78 is 10.7. The summed E-state index contributed by atoms with van der Waals surface area (Å²) >= 11 is 6.01. The fraction of sp³-hybridized carbons (Fsp3) is 0.294. The monoisotopic (exact) mass is 305 g/mol. The fourth-order valence-electron chi connectivity index (χ4n) is 2.18. The predicted molar refractivity (Wildman–Crippen MR) is 85.9 cm³/mol. The van der Waals surface area contributed by atoms with Crippen molar-refractivity contribution in [3.05, 3.63) is 64.7 Å². The van der Waals surface area contributed by atoms with E-state index in [0.717, 1.165) is 21.9 Å². The molecule has 0 aliphatic rings. The molecule has 0 heterocycles. The van der Waals surface area contributed by atoms with E-state index in [-0.39, 0.29) is 6.04 Å². The van der Waals surface area contributed by atoms with Gasteiger partial charge in [0.25, 0.3) is 0 Å². The SMILES string of the molecule is COCCOc1ccccc1C(N)Cc1cccc(Cl)c1. The molecule has 0 bridgehead atoms. The highest BCUT2D eigenvalue weighted by Gasteiger charge is 2.12. The molecule has 21 heavy (non-hydrogen) atoms. The number of nitrogens with two attached hydrogens (primary N) is 1. The van der Waals surface area contributed by atoms with Gasteiger partial charge in [-0.3, -0.25) is 0 Å². The minimum atomic E-state index is -0.137. The molecule has 0 aliphatic heterocycles. The van der Waals surface area contributed by atoms with Gasteiger partial charge in [-0.15, -0.1) is 0 Å². The van der Waals surface area contributed by atoms with Crippen molar-refractivity contribution in [2.75, 3.05) is 20.3 Å². The van der Waals surface area contributed by atoms with Gasteiger partial charge in [0, 0.05) is 23.7 Å². The number of rotatable bonds is 7. The molecular weight excluding hydrogens is 286 g/mol. The Morgan fingerprint density at radius 2 is 1.90 bits per heavy atom. The van der Waals surface area contributed by atoms with Gasteiger partial charge in [-0.2, -0.15) is 0 Å². The van der Waals surface area contributed by atoms with Crippen molar-refractivity contribution >= 4 is 11.6 Å². The molecule has 4 heteroatoms. The van der Waals surface area contributed by atoms with E-state index in [0.29, 0.717) is 19.6 Å². The van der Waals surface area contributed by atoms with E-state index in [1.165, 1.54) is 0 Å². The number of halogens is 1. The van der Waals surface area contributed by atoms with Gasteiger partial charge >= 0.3 is 0 Å². The maximum atomic E-state index is 6.33. The molecule has 0 radical (unpaired) electrons. The number of para-hydroxylation sites is 1. The van der Waals surface area contributed by atoms with Crippen LogP contribution in [0.1, 0.15) is 17.2 Å². The molecule has 0 fully saturated rings. The summed E-state index contributed by atoms with van der Waals surface area (Å²) in [6, 6.07) is 15.5. The Hall–Kier alpha value is -1.55. The van der Waals surface area contributed by atoms with Crippen molar-refractivity contribution in [1.82, 2.24) is 0 Å². The highest BCUT2D eigenvalue weighted by molar-refractivity contribution is 6.30. The summed E-state index contributed by atoms with van der Waals surface area (Å²) in [7, 11) is 1.65. The first kappa shape index (κ1) is 15.8. The molecule has 3 nitrogen and oxygen atoms in total. The molecule has 0 saturated heterocycles. The molecule has 0 saturated carbocycles. The molecule has 1 unspecified atom stereocenters. The molecular formula is C17H20ClNO2. The summed E-state index contributed by atoms with van der Waals surface area (Å²) in [6.07, 6.45) is 0.714. The van der Waals surface area contributed by atoms with Gasteiger partial charge < -0.3 is 15.2 Å². The maximum Gasteiger partial charge on any atom is 0.124 e. The van der Waals surface area contributed by atoms with Crippen LogP contribution in [0.3, 0.4) is 0 Å². The lowest BCUT2D eigenvalue weighted by molar-refractivity contribution is 0.145. The van der Waals surface area contributed by atoms with Crippen molar-refractivity contribution in [1.29, 1.82) is 0 Å².